The van der Waals surface area contributed by atoms with E-state index in [4.69, 9.17) is 9.15 Å². The van der Waals surface area contributed by atoms with Crippen molar-refractivity contribution in [1.82, 2.24) is 24.5 Å². The number of nitrogens with zero attached hydrogens (tertiary/aromatic N) is 5. The minimum Gasteiger partial charge on any atom is -0.469 e. The maximum absolute atomic E-state index is 13.2. The van der Waals surface area contributed by atoms with Crippen LogP contribution in [0.3, 0.4) is 0 Å². The van der Waals surface area contributed by atoms with E-state index in [2.05, 4.69) is 22.1 Å². The molecule has 1 saturated heterocycles. The van der Waals surface area contributed by atoms with Crippen LogP contribution in [0, 0.1) is 0 Å². The third-order valence-electron chi connectivity index (χ3n) is 4.85. The summed E-state index contributed by atoms with van der Waals surface area (Å²) in [6.07, 6.45) is 9.01. The number of hydrogen-bond donors (Lipinski definition) is 0. The van der Waals surface area contributed by atoms with Crippen LogP contribution in [0.25, 0.3) is 5.65 Å². The average molecular weight is 355 g/mol. The molecule has 0 aliphatic carbocycles. The minimum absolute atomic E-state index is 0.0420. The molecule has 8 heteroatoms. The molecule has 2 atom stereocenters. The van der Waals surface area contributed by atoms with Crippen molar-refractivity contribution in [2.45, 2.75) is 38.3 Å². The summed E-state index contributed by atoms with van der Waals surface area (Å²) in [6, 6.07) is 1.53. The normalized spacial score (nSPS) is 20.2. The van der Waals surface area contributed by atoms with Gasteiger partial charge in [-0.3, -0.25) is 14.2 Å². The molecule has 1 aliphatic rings. The quantitative estimate of drug-likeness (QED) is 0.698. The van der Waals surface area contributed by atoms with Crippen molar-refractivity contribution >= 4 is 11.6 Å². The van der Waals surface area contributed by atoms with Gasteiger partial charge in [-0.2, -0.15) is 0 Å². The van der Waals surface area contributed by atoms with Gasteiger partial charge in [-0.05, 0) is 12.5 Å². The number of ether oxygens (including phenoxy) is 1. The molecule has 3 aromatic heterocycles. The van der Waals surface area contributed by atoms with Gasteiger partial charge in [0, 0.05) is 38.9 Å². The van der Waals surface area contributed by atoms with Gasteiger partial charge in [0.25, 0.3) is 5.91 Å². The number of hydrogen-bond acceptors (Lipinski definition) is 6. The van der Waals surface area contributed by atoms with E-state index >= 15 is 0 Å². The monoisotopic (exact) mass is 355 g/mol. The van der Waals surface area contributed by atoms with E-state index in [0.29, 0.717) is 24.2 Å². The molecule has 136 valence electrons. The van der Waals surface area contributed by atoms with E-state index in [0.717, 1.165) is 24.4 Å². The van der Waals surface area contributed by atoms with Crippen molar-refractivity contribution < 1.29 is 13.9 Å². The summed E-state index contributed by atoms with van der Waals surface area (Å²) in [5, 5.41) is 8.49. The van der Waals surface area contributed by atoms with Gasteiger partial charge in [0.15, 0.2) is 11.5 Å². The van der Waals surface area contributed by atoms with Gasteiger partial charge in [0.1, 0.15) is 5.76 Å². The van der Waals surface area contributed by atoms with Crippen molar-refractivity contribution in [2.24, 2.45) is 0 Å². The molecule has 26 heavy (non-hydrogen) atoms. The van der Waals surface area contributed by atoms with Crippen molar-refractivity contribution in [1.29, 1.82) is 0 Å². The number of methoxy groups -OCH3 is 1. The molecule has 0 unspecified atom stereocenters. The van der Waals surface area contributed by atoms with Gasteiger partial charge < -0.3 is 14.1 Å². The van der Waals surface area contributed by atoms with Gasteiger partial charge in [0.05, 0.1) is 30.2 Å². The number of rotatable bonds is 5. The van der Waals surface area contributed by atoms with Gasteiger partial charge in [0.2, 0.25) is 0 Å². The number of fused-ring (bicyclic) bond motifs is 1. The number of carbonyl (C=O) groups is 1. The number of carbonyl (C=O) groups excluding carboxylic acids is 1. The highest BCUT2D eigenvalue weighted by molar-refractivity contribution is 5.95. The molecule has 1 fully saturated rings. The molecule has 1 aliphatic heterocycles. The second kappa shape index (κ2) is 6.87. The number of aromatic nitrogens is 4. The van der Waals surface area contributed by atoms with E-state index in [1.807, 2.05) is 15.5 Å². The highest BCUT2D eigenvalue weighted by atomic mass is 16.5. The van der Waals surface area contributed by atoms with Crippen LogP contribution >= 0.6 is 0 Å². The third kappa shape index (κ3) is 2.76. The van der Waals surface area contributed by atoms with Crippen molar-refractivity contribution in [3.8, 4) is 0 Å². The van der Waals surface area contributed by atoms with Gasteiger partial charge in [-0.15, -0.1) is 10.2 Å². The summed E-state index contributed by atoms with van der Waals surface area (Å²) in [7, 11) is 1.67. The van der Waals surface area contributed by atoms with E-state index in [1.165, 1.54) is 0 Å². The Morgan fingerprint density at radius 1 is 1.42 bits per heavy atom. The standard InChI is InChI=1S/C18H21N5O3/c1-3-4-15-13(5-8-26-15)18(24)23-11-12(25-2)9-14(23)17-21-20-16-10-19-6-7-22(16)17/h5-8,10,12,14H,3-4,9,11H2,1-2H3/t12-,14+/m1/s1. The van der Waals surface area contributed by atoms with Crippen LogP contribution in [0.5, 0.6) is 0 Å². The van der Waals surface area contributed by atoms with Crippen LogP contribution in [-0.2, 0) is 11.2 Å². The predicted molar refractivity (Wildman–Crippen MR) is 92.7 cm³/mol. The van der Waals surface area contributed by atoms with Crippen LogP contribution in [0.2, 0.25) is 0 Å². The lowest BCUT2D eigenvalue weighted by molar-refractivity contribution is 0.0681. The van der Waals surface area contributed by atoms with E-state index in [1.54, 1.807) is 31.8 Å². The zero-order valence-electron chi connectivity index (χ0n) is 14.8. The average Bonchev–Trinajstić information content (AvgIpc) is 3.38. The van der Waals surface area contributed by atoms with E-state index in [-0.39, 0.29) is 18.1 Å². The molecule has 0 N–H and O–H groups in total. The Labute approximate surface area is 150 Å². The lowest BCUT2D eigenvalue weighted by Crippen LogP contribution is -2.33. The van der Waals surface area contributed by atoms with Crippen LogP contribution in [0.4, 0.5) is 0 Å². The van der Waals surface area contributed by atoms with Crippen LogP contribution in [0.1, 0.15) is 47.7 Å². The lowest BCUT2D eigenvalue weighted by Gasteiger charge is -2.23. The fourth-order valence-electron chi connectivity index (χ4n) is 3.54. The zero-order chi connectivity index (χ0) is 18.1. The van der Waals surface area contributed by atoms with E-state index in [9.17, 15) is 4.79 Å². The largest absolute Gasteiger partial charge is 0.469 e. The number of amides is 1. The summed E-state index contributed by atoms with van der Waals surface area (Å²) in [6.45, 7) is 2.57. The molecule has 0 radical (unpaired) electrons. The summed E-state index contributed by atoms with van der Waals surface area (Å²) in [5.41, 5.74) is 1.27. The van der Waals surface area contributed by atoms with Crippen LogP contribution < -0.4 is 0 Å². The van der Waals surface area contributed by atoms with Gasteiger partial charge >= 0.3 is 0 Å². The molecular formula is C18H21N5O3. The minimum atomic E-state index is -0.214. The third-order valence-corrected chi connectivity index (χ3v) is 4.85. The number of furan rings is 1. The molecule has 8 nitrogen and oxygen atoms in total. The smallest absolute Gasteiger partial charge is 0.258 e. The Bertz CT molecular complexity index is 918. The SMILES string of the molecule is CCCc1occc1C(=O)N1C[C@H](OC)C[C@H]1c1nnc2cnccn12. The topological polar surface area (TPSA) is 85.8 Å². The highest BCUT2D eigenvalue weighted by Crippen LogP contribution is 2.34. The first-order chi connectivity index (χ1) is 12.7. The fourth-order valence-corrected chi connectivity index (χ4v) is 3.54. The Morgan fingerprint density at radius 3 is 3.12 bits per heavy atom. The van der Waals surface area contributed by atoms with Crippen LogP contribution in [-0.4, -0.2) is 50.1 Å². The predicted octanol–water partition coefficient (Wildman–Crippen LogP) is 2.27. The maximum Gasteiger partial charge on any atom is 0.258 e. The summed E-state index contributed by atoms with van der Waals surface area (Å²) in [4.78, 5) is 19.1. The molecular weight excluding hydrogens is 334 g/mol. The Kier molecular flexibility index (Phi) is 4.42. The zero-order valence-corrected chi connectivity index (χ0v) is 14.8. The number of aryl methyl sites for hydroxylation is 1. The highest BCUT2D eigenvalue weighted by Gasteiger charge is 2.40. The van der Waals surface area contributed by atoms with Crippen LogP contribution in [0.15, 0.2) is 35.3 Å². The Hall–Kier alpha value is -2.74. The molecule has 0 spiro atoms. The molecule has 4 heterocycles. The lowest BCUT2D eigenvalue weighted by atomic mass is 10.1. The van der Waals surface area contributed by atoms with Gasteiger partial charge in [-0.25, -0.2) is 0 Å². The molecule has 0 aromatic carbocycles. The second-order valence-corrected chi connectivity index (χ2v) is 6.44. The maximum atomic E-state index is 13.2. The molecule has 3 aromatic rings. The van der Waals surface area contributed by atoms with Crippen molar-refractivity contribution in [3.05, 3.63) is 48.1 Å². The molecule has 1 amide bonds. The van der Waals surface area contributed by atoms with Crippen molar-refractivity contribution in [2.75, 3.05) is 13.7 Å². The van der Waals surface area contributed by atoms with E-state index < -0.39 is 0 Å². The summed E-state index contributed by atoms with van der Waals surface area (Å²) < 4.78 is 12.9. The molecule has 0 bridgehead atoms. The van der Waals surface area contributed by atoms with Gasteiger partial charge in [-0.1, -0.05) is 6.92 Å². The number of likely N-dealkylation sites (tertiary alicyclic amines) is 1. The molecule has 4 rings (SSSR count). The first-order valence-electron chi connectivity index (χ1n) is 8.77. The Balaban J connectivity index is 1.71. The molecule has 0 saturated carbocycles. The fraction of sp³-hybridized carbons (Fsp3) is 0.444. The van der Waals surface area contributed by atoms with Crippen molar-refractivity contribution in [3.63, 3.8) is 0 Å². The summed E-state index contributed by atoms with van der Waals surface area (Å²) in [5.74, 6) is 1.39. The second-order valence-electron chi connectivity index (χ2n) is 6.44. The first-order valence-corrected chi connectivity index (χ1v) is 8.77. The first kappa shape index (κ1) is 16.7. The Morgan fingerprint density at radius 2 is 2.31 bits per heavy atom. The summed E-state index contributed by atoms with van der Waals surface area (Å²) >= 11 is 0.